The molecule has 0 aliphatic rings. The van der Waals surface area contributed by atoms with Gasteiger partial charge < -0.3 is 15.8 Å². The molecule has 0 bridgehead atoms. The van der Waals surface area contributed by atoms with Crippen molar-refractivity contribution >= 4 is 6.09 Å². The number of nitrogens with two attached hydrogens (primary N) is 1. The predicted octanol–water partition coefficient (Wildman–Crippen LogP) is 1.65. The first-order valence-electron chi connectivity index (χ1n) is 5.32. The van der Waals surface area contributed by atoms with Crippen LogP contribution in [0.2, 0.25) is 0 Å². The minimum absolute atomic E-state index is 0.0933. The molecule has 0 aliphatic heterocycles. The minimum Gasteiger partial charge on any atom is -0.445 e. The van der Waals surface area contributed by atoms with Gasteiger partial charge in [0.15, 0.2) is 0 Å². The maximum Gasteiger partial charge on any atom is 0.407 e. The molecule has 1 unspecified atom stereocenters. The van der Waals surface area contributed by atoms with E-state index in [1.807, 2.05) is 44.2 Å². The molecule has 1 rings (SSSR count). The molecule has 0 spiro atoms. The Hall–Kier alpha value is -1.55. The molecule has 0 fully saturated rings. The highest BCUT2D eigenvalue weighted by atomic mass is 16.5. The number of carbonyl (C=O) groups excluding carboxylic acids is 1. The van der Waals surface area contributed by atoms with Crippen LogP contribution in [0.3, 0.4) is 0 Å². The lowest BCUT2D eigenvalue weighted by Crippen LogP contribution is -2.44. The third-order valence-electron chi connectivity index (χ3n) is 2.35. The fourth-order valence-electron chi connectivity index (χ4n) is 1.08. The zero-order valence-corrected chi connectivity index (χ0v) is 9.64. The van der Waals surface area contributed by atoms with Gasteiger partial charge in [-0.3, -0.25) is 0 Å². The number of nitrogens with one attached hydrogen (secondary N) is 1. The van der Waals surface area contributed by atoms with E-state index >= 15 is 0 Å². The van der Waals surface area contributed by atoms with E-state index in [0.29, 0.717) is 0 Å². The van der Waals surface area contributed by atoms with Crippen molar-refractivity contribution in [3.63, 3.8) is 0 Å². The number of benzene rings is 1. The second kappa shape index (κ2) is 6.12. The van der Waals surface area contributed by atoms with Crippen LogP contribution in [-0.2, 0) is 11.3 Å². The molecule has 4 heteroatoms. The van der Waals surface area contributed by atoms with Gasteiger partial charge in [0.2, 0.25) is 0 Å². The average molecular weight is 222 g/mol. The summed E-state index contributed by atoms with van der Waals surface area (Å²) in [6, 6.07) is 9.35. The largest absolute Gasteiger partial charge is 0.445 e. The highest BCUT2D eigenvalue weighted by molar-refractivity contribution is 5.67. The fraction of sp³-hybridized carbons (Fsp3) is 0.417. The Morgan fingerprint density at radius 1 is 1.38 bits per heavy atom. The third kappa shape index (κ3) is 4.31. The number of hydrogen-bond donors (Lipinski definition) is 2. The van der Waals surface area contributed by atoms with E-state index in [-0.39, 0.29) is 18.7 Å². The van der Waals surface area contributed by atoms with Crippen molar-refractivity contribution in [1.29, 1.82) is 0 Å². The number of alkyl carbamates (subject to hydrolysis) is 1. The summed E-state index contributed by atoms with van der Waals surface area (Å²) in [5, 5.41) is 2.66. The van der Waals surface area contributed by atoms with E-state index in [1.165, 1.54) is 0 Å². The van der Waals surface area contributed by atoms with Gasteiger partial charge in [-0.25, -0.2) is 4.79 Å². The Bertz CT molecular complexity index is 325. The summed E-state index contributed by atoms with van der Waals surface area (Å²) in [7, 11) is 0. The molecule has 1 aromatic rings. The normalized spacial score (nSPS) is 13.9. The zero-order chi connectivity index (χ0) is 12.0. The second-order valence-corrected chi connectivity index (χ2v) is 3.85. The number of hydrogen-bond acceptors (Lipinski definition) is 3. The van der Waals surface area contributed by atoms with Gasteiger partial charge >= 0.3 is 6.09 Å². The van der Waals surface area contributed by atoms with E-state index in [2.05, 4.69) is 5.32 Å². The van der Waals surface area contributed by atoms with Gasteiger partial charge in [0.05, 0.1) is 0 Å². The van der Waals surface area contributed by atoms with Gasteiger partial charge in [0, 0.05) is 12.1 Å². The Morgan fingerprint density at radius 3 is 2.56 bits per heavy atom. The van der Waals surface area contributed by atoms with Gasteiger partial charge in [-0.2, -0.15) is 0 Å². The highest BCUT2D eigenvalue weighted by Crippen LogP contribution is 2.00. The summed E-state index contributed by atoms with van der Waals surface area (Å²) in [6.45, 7) is 3.95. The number of carbonyl (C=O) groups is 1. The monoisotopic (exact) mass is 222 g/mol. The van der Waals surface area contributed by atoms with Gasteiger partial charge in [-0.05, 0) is 19.4 Å². The quantitative estimate of drug-likeness (QED) is 0.814. The van der Waals surface area contributed by atoms with E-state index in [1.54, 1.807) is 0 Å². The van der Waals surface area contributed by atoms with Crippen LogP contribution < -0.4 is 11.1 Å². The van der Waals surface area contributed by atoms with Gasteiger partial charge in [-0.1, -0.05) is 30.3 Å². The summed E-state index contributed by atoms with van der Waals surface area (Å²) in [6.07, 6.45) is -0.436. The fourth-order valence-corrected chi connectivity index (χ4v) is 1.08. The average Bonchev–Trinajstić information content (AvgIpc) is 2.27. The van der Waals surface area contributed by atoms with Crippen molar-refractivity contribution in [1.82, 2.24) is 5.32 Å². The molecule has 2 atom stereocenters. The van der Waals surface area contributed by atoms with Crippen LogP contribution in [0.1, 0.15) is 19.4 Å². The minimum atomic E-state index is -0.436. The SMILES string of the molecule is CC(N)[C@@H](C)NC(=O)OCc1ccccc1. The summed E-state index contributed by atoms with van der Waals surface area (Å²) in [5.74, 6) is 0. The molecule has 0 aliphatic carbocycles. The van der Waals surface area contributed by atoms with Crippen LogP contribution in [0.5, 0.6) is 0 Å². The van der Waals surface area contributed by atoms with Gasteiger partial charge in [-0.15, -0.1) is 0 Å². The van der Waals surface area contributed by atoms with Crippen molar-refractivity contribution in [3.05, 3.63) is 35.9 Å². The van der Waals surface area contributed by atoms with Crippen molar-refractivity contribution in [2.24, 2.45) is 5.73 Å². The maximum atomic E-state index is 11.3. The standard InChI is InChI=1S/C12H18N2O2/c1-9(13)10(2)14-12(15)16-8-11-6-4-3-5-7-11/h3-7,9-10H,8,13H2,1-2H3,(H,14,15)/t9?,10-/m1/s1. The van der Waals surface area contributed by atoms with Crippen LogP contribution in [0.15, 0.2) is 30.3 Å². The molecule has 0 heterocycles. The molecule has 1 amide bonds. The lowest BCUT2D eigenvalue weighted by Gasteiger charge is -2.17. The van der Waals surface area contributed by atoms with Gasteiger partial charge in [0.25, 0.3) is 0 Å². The van der Waals surface area contributed by atoms with Crippen molar-refractivity contribution < 1.29 is 9.53 Å². The Labute approximate surface area is 95.8 Å². The second-order valence-electron chi connectivity index (χ2n) is 3.85. The van der Waals surface area contributed by atoms with E-state index in [9.17, 15) is 4.79 Å². The van der Waals surface area contributed by atoms with E-state index < -0.39 is 6.09 Å². The van der Waals surface area contributed by atoms with Crippen molar-refractivity contribution in [2.75, 3.05) is 0 Å². The first kappa shape index (κ1) is 12.5. The van der Waals surface area contributed by atoms with Crippen LogP contribution in [0.25, 0.3) is 0 Å². The zero-order valence-electron chi connectivity index (χ0n) is 9.64. The molecular formula is C12H18N2O2. The molecule has 3 N–H and O–H groups in total. The first-order valence-corrected chi connectivity index (χ1v) is 5.32. The summed E-state index contributed by atoms with van der Waals surface area (Å²) in [5.41, 5.74) is 6.59. The van der Waals surface area contributed by atoms with E-state index in [0.717, 1.165) is 5.56 Å². The number of rotatable bonds is 4. The molecule has 1 aromatic carbocycles. The first-order chi connectivity index (χ1) is 7.59. The Kier molecular flexibility index (Phi) is 4.79. The van der Waals surface area contributed by atoms with Crippen molar-refractivity contribution in [3.8, 4) is 0 Å². The summed E-state index contributed by atoms with van der Waals surface area (Å²) >= 11 is 0. The highest BCUT2D eigenvalue weighted by Gasteiger charge is 2.11. The lowest BCUT2D eigenvalue weighted by atomic mass is 10.2. The van der Waals surface area contributed by atoms with Crippen LogP contribution in [0, 0.1) is 0 Å². The van der Waals surface area contributed by atoms with Crippen LogP contribution in [0.4, 0.5) is 4.79 Å². The smallest absolute Gasteiger partial charge is 0.407 e. The van der Waals surface area contributed by atoms with Crippen molar-refractivity contribution in [2.45, 2.75) is 32.5 Å². The molecule has 4 nitrogen and oxygen atoms in total. The van der Waals surface area contributed by atoms with E-state index in [4.69, 9.17) is 10.5 Å². The lowest BCUT2D eigenvalue weighted by molar-refractivity contribution is 0.135. The van der Waals surface area contributed by atoms with Crippen LogP contribution >= 0.6 is 0 Å². The molecular weight excluding hydrogens is 204 g/mol. The molecule has 0 aromatic heterocycles. The van der Waals surface area contributed by atoms with Gasteiger partial charge in [0.1, 0.15) is 6.61 Å². The Morgan fingerprint density at radius 2 is 2.00 bits per heavy atom. The molecule has 16 heavy (non-hydrogen) atoms. The van der Waals surface area contributed by atoms with Crippen LogP contribution in [-0.4, -0.2) is 18.2 Å². The Balaban J connectivity index is 2.31. The summed E-state index contributed by atoms with van der Waals surface area (Å²) in [4.78, 5) is 11.3. The molecule has 0 radical (unpaired) electrons. The summed E-state index contributed by atoms with van der Waals surface area (Å²) < 4.78 is 5.04. The maximum absolute atomic E-state index is 11.3. The number of amides is 1. The number of ether oxygens (including phenoxy) is 1. The molecule has 0 saturated heterocycles. The topological polar surface area (TPSA) is 64.3 Å². The third-order valence-corrected chi connectivity index (χ3v) is 2.35. The molecule has 0 saturated carbocycles. The molecule has 88 valence electrons. The predicted molar refractivity (Wildman–Crippen MR) is 62.9 cm³/mol.